The number of phenolic OH excluding ortho intramolecular Hbond substituents is 1. The lowest BCUT2D eigenvalue weighted by atomic mass is 10.2. The highest BCUT2D eigenvalue weighted by atomic mass is 79.9. The van der Waals surface area contributed by atoms with E-state index in [4.69, 9.17) is 21.7 Å². The van der Waals surface area contributed by atoms with Crippen molar-refractivity contribution < 1.29 is 19.4 Å². The number of rotatable bonds is 5. The predicted molar refractivity (Wildman–Crippen MR) is 104 cm³/mol. The van der Waals surface area contributed by atoms with Crippen LogP contribution in [0.25, 0.3) is 0 Å². The topological polar surface area (TPSA) is 79.8 Å². The van der Waals surface area contributed by atoms with Gasteiger partial charge in [0.2, 0.25) is 0 Å². The molecule has 0 radical (unpaired) electrons. The Morgan fingerprint density at radius 1 is 1.28 bits per heavy atom. The van der Waals surface area contributed by atoms with Gasteiger partial charge in [0.15, 0.2) is 5.11 Å². The number of benzene rings is 2. The molecular weight excluding hydrogens is 408 g/mol. The summed E-state index contributed by atoms with van der Waals surface area (Å²) in [5, 5.41) is 15.2. The first-order chi connectivity index (χ1) is 11.9. The molecule has 0 aromatic heterocycles. The zero-order valence-corrected chi connectivity index (χ0v) is 16.0. The number of hydrogen-bond donors (Lipinski definition) is 3. The van der Waals surface area contributed by atoms with Gasteiger partial charge in [0.25, 0.3) is 5.91 Å². The fraction of sp³-hybridized carbons (Fsp3) is 0.176. The minimum Gasteiger partial charge on any atom is -0.506 e. The van der Waals surface area contributed by atoms with Crippen LogP contribution in [0.15, 0.2) is 40.9 Å². The minimum absolute atomic E-state index is 0.0128. The molecule has 0 atom stereocenters. The number of carbonyl (C=O) groups excluding carboxylic acids is 1. The summed E-state index contributed by atoms with van der Waals surface area (Å²) in [5.41, 5.74) is 0.742. The number of phenols is 1. The van der Waals surface area contributed by atoms with Crippen LogP contribution >= 0.6 is 28.1 Å². The maximum atomic E-state index is 12.3. The summed E-state index contributed by atoms with van der Waals surface area (Å²) in [7, 11) is 1.51. The molecule has 1 amide bonds. The molecule has 2 rings (SSSR count). The van der Waals surface area contributed by atoms with E-state index in [1.165, 1.54) is 13.2 Å². The largest absolute Gasteiger partial charge is 0.506 e. The number of halogens is 1. The van der Waals surface area contributed by atoms with Crippen LogP contribution in [-0.2, 0) is 0 Å². The Kier molecular flexibility index (Phi) is 6.60. The first-order valence-corrected chi connectivity index (χ1v) is 8.56. The van der Waals surface area contributed by atoms with Crippen molar-refractivity contribution in [2.24, 2.45) is 0 Å². The highest BCUT2D eigenvalue weighted by Crippen LogP contribution is 2.28. The first kappa shape index (κ1) is 19.0. The van der Waals surface area contributed by atoms with Crippen LogP contribution < -0.4 is 20.1 Å². The smallest absolute Gasteiger partial charge is 0.257 e. The Morgan fingerprint density at radius 3 is 2.68 bits per heavy atom. The number of carbonyl (C=O) groups is 1. The van der Waals surface area contributed by atoms with Gasteiger partial charge in [-0.1, -0.05) is 0 Å². The Balaban J connectivity index is 2.05. The van der Waals surface area contributed by atoms with Gasteiger partial charge in [0, 0.05) is 11.6 Å². The van der Waals surface area contributed by atoms with E-state index in [1.54, 1.807) is 30.3 Å². The summed E-state index contributed by atoms with van der Waals surface area (Å²) in [4.78, 5) is 12.3. The van der Waals surface area contributed by atoms with E-state index in [0.29, 0.717) is 33.8 Å². The number of methoxy groups -OCH3 is 1. The number of ether oxygens (including phenoxy) is 2. The molecule has 25 heavy (non-hydrogen) atoms. The lowest BCUT2D eigenvalue weighted by Gasteiger charge is -2.12. The molecule has 0 fully saturated rings. The summed E-state index contributed by atoms with van der Waals surface area (Å²) < 4.78 is 11.2. The van der Waals surface area contributed by atoms with Crippen LogP contribution in [0.1, 0.15) is 17.3 Å². The average molecular weight is 425 g/mol. The van der Waals surface area contributed by atoms with E-state index in [9.17, 15) is 9.90 Å². The number of nitrogens with one attached hydrogen (secondary N) is 2. The molecule has 0 saturated carbocycles. The van der Waals surface area contributed by atoms with E-state index in [-0.39, 0.29) is 16.8 Å². The summed E-state index contributed by atoms with van der Waals surface area (Å²) in [6.45, 7) is 2.41. The molecule has 132 valence electrons. The molecule has 8 heteroatoms. The highest BCUT2D eigenvalue weighted by molar-refractivity contribution is 9.10. The number of anilines is 1. The number of hydrogen-bond acceptors (Lipinski definition) is 5. The summed E-state index contributed by atoms with van der Waals surface area (Å²) in [6, 6.07) is 9.63. The molecule has 0 saturated heterocycles. The van der Waals surface area contributed by atoms with Crippen LogP contribution in [0.2, 0.25) is 0 Å². The second kappa shape index (κ2) is 8.68. The molecule has 3 N–H and O–H groups in total. The van der Waals surface area contributed by atoms with Crippen molar-refractivity contribution in [3.8, 4) is 17.2 Å². The molecule has 0 aliphatic rings. The Hall–Kier alpha value is -2.32. The lowest BCUT2D eigenvalue weighted by molar-refractivity contribution is 0.0977. The fourth-order valence-electron chi connectivity index (χ4n) is 1.99. The van der Waals surface area contributed by atoms with Crippen LogP contribution in [0, 0.1) is 0 Å². The minimum atomic E-state index is -0.386. The summed E-state index contributed by atoms with van der Waals surface area (Å²) in [5.74, 6) is 0.802. The Labute approximate surface area is 159 Å². The van der Waals surface area contributed by atoms with E-state index in [2.05, 4.69) is 26.6 Å². The van der Waals surface area contributed by atoms with Gasteiger partial charge in [-0.3, -0.25) is 10.1 Å². The SMILES string of the molecule is CCOc1ccc(C(=O)NC(=S)Nc2cc(OC)ccc2O)cc1Br. The standard InChI is InChI=1S/C17H17BrN2O4S/c1-3-24-15-7-4-10(8-12(15)18)16(22)20-17(25)19-13-9-11(23-2)5-6-14(13)21/h4-9,21H,3H2,1-2H3,(H2,19,20,22,25). The van der Waals surface area contributed by atoms with Gasteiger partial charge in [-0.15, -0.1) is 0 Å². The summed E-state index contributed by atoms with van der Waals surface area (Å²) in [6.07, 6.45) is 0. The summed E-state index contributed by atoms with van der Waals surface area (Å²) >= 11 is 8.48. The van der Waals surface area contributed by atoms with E-state index in [0.717, 1.165) is 0 Å². The Morgan fingerprint density at radius 2 is 2.04 bits per heavy atom. The van der Waals surface area contributed by atoms with Crippen LogP contribution in [0.4, 0.5) is 5.69 Å². The lowest BCUT2D eigenvalue weighted by Crippen LogP contribution is -2.34. The van der Waals surface area contributed by atoms with Crippen molar-refractivity contribution in [1.82, 2.24) is 5.32 Å². The quantitative estimate of drug-likeness (QED) is 0.501. The number of thiocarbonyl (C=S) groups is 1. The van der Waals surface area contributed by atoms with Crippen LogP contribution in [0.5, 0.6) is 17.2 Å². The highest BCUT2D eigenvalue weighted by Gasteiger charge is 2.12. The second-order valence-electron chi connectivity index (χ2n) is 4.87. The first-order valence-electron chi connectivity index (χ1n) is 7.36. The molecule has 0 spiro atoms. The van der Waals surface area contributed by atoms with Crippen molar-refractivity contribution in [2.75, 3.05) is 19.0 Å². The van der Waals surface area contributed by atoms with E-state index in [1.807, 2.05) is 6.92 Å². The van der Waals surface area contributed by atoms with Crippen molar-refractivity contribution in [1.29, 1.82) is 0 Å². The number of aromatic hydroxyl groups is 1. The predicted octanol–water partition coefficient (Wildman–Crippen LogP) is 3.69. The fourth-order valence-corrected chi connectivity index (χ4v) is 2.68. The third-order valence-electron chi connectivity index (χ3n) is 3.17. The van der Waals surface area contributed by atoms with Crippen molar-refractivity contribution in [2.45, 2.75) is 6.92 Å². The number of amides is 1. The average Bonchev–Trinajstić information content (AvgIpc) is 2.58. The van der Waals surface area contributed by atoms with E-state index >= 15 is 0 Å². The molecule has 2 aromatic rings. The van der Waals surface area contributed by atoms with Gasteiger partial charge >= 0.3 is 0 Å². The van der Waals surface area contributed by atoms with Gasteiger partial charge in [0.1, 0.15) is 17.2 Å². The molecule has 0 bridgehead atoms. The van der Waals surface area contributed by atoms with Crippen molar-refractivity contribution in [3.63, 3.8) is 0 Å². The van der Waals surface area contributed by atoms with Gasteiger partial charge in [0.05, 0.1) is 23.9 Å². The molecule has 6 nitrogen and oxygen atoms in total. The van der Waals surface area contributed by atoms with E-state index < -0.39 is 0 Å². The van der Waals surface area contributed by atoms with Crippen LogP contribution in [0.3, 0.4) is 0 Å². The zero-order valence-electron chi connectivity index (χ0n) is 13.6. The molecule has 2 aromatic carbocycles. The zero-order chi connectivity index (χ0) is 18.4. The van der Waals surface area contributed by atoms with Gasteiger partial charge < -0.3 is 19.9 Å². The Bertz CT molecular complexity index is 798. The molecule has 0 aliphatic carbocycles. The van der Waals surface area contributed by atoms with Gasteiger partial charge in [-0.25, -0.2) is 0 Å². The molecule has 0 heterocycles. The molecular formula is C17H17BrN2O4S. The third-order valence-corrected chi connectivity index (χ3v) is 4.00. The van der Waals surface area contributed by atoms with Gasteiger partial charge in [-0.05, 0) is 65.4 Å². The molecule has 0 aliphatic heterocycles. The van der Waals surface area contributed by atoms with Gasteiger partial charge in [-0.2, -0.15) is 0 Å². The van der Waals surface area contributed by atoms with Crippen molar-refractivity contribution >= 4 is 44.9 Å². The molecule has 0 unspecified atom stereocenters. The van der Waals surface area contributed by atoms with Crippen molar-refractivity contribution in [3.05, 3.63) is 46.4 Å². The second-order valence-corrected chi connectivity index (χ2v) is 6.13. The monoisotopic (exact) mass is 424 g/mol. The van der Waals surface area contributed by atoms with Crippen LogP contribution in [-0.4, -0.2) is 29.8 Å². The third kappa shape index (κ3) is 5.07. The maximum absolute atomic E-state index is 12.3. The normalized spacial score (nSPS) is 10.0. The maximum Gasteiger partial charge on any atom is 0.257 e.